The van der Waals surface area contributed by atoms with E-state index in [4.69, 9.17) is 33.3 Å². The molecule has 21 heteroatoms. The summed E-state index contributed by atoms with van der Waals surface area (Å²) in [7, 11) is 0. The molecule has 8 rings (SSSR count). The molecule has 8 N–H and O–H groups in total. The van der Waals surface area contributed by atoms with E-state index < -0.39 is 65.8 Å². The molecule has 2 saturated carbocycles. The van der Waals surface area contributed by atoms with Crippen LogP contribution in [0.15, 0.2) is 41.9 Å². The highest BCUT2D eigenvalue weighted by Gasteiger charge is 2.64. The van der Waals surface area contributed by atoms with Crippen molar-refractivity contribution in [3.63, 3.8) is 0 Å². The van der Waals surface area contributed by atoms with Crippen LogP contribution in [0.5, 0.6) is 0 Å². The number of nitrogens with one attached hydrogen (secondary N) is 4. The number of hydrazone groups is 1. The number of ether oxygens (including phenoxy) is 6. The van der Waals surface area contributed by atoms with Gasteiger partial charge in [0.1, 0.15) is 12.2 Å². The fourth-order valence-electron chi connectivity index (χ4n) is 14.3. The molecule has 5 heterocycles. The fourth-order valence-corrected chi connectivity index (χ4v) is 14.3. The average molecular weight is 1120 g/mol. The van der Waals surface area contributed by atoms with Crippen LogP contribution in [0.1, 0.15) is 148 Å². The zero-order valence-electron chi connectivity index (χ0n) is 48.1. The quantitative estimate of drug-likeness (QED) is 0.0273. The van der Waals surface area contributed by atoms with Gasteiger partial charge in [-0.3, -0.25) is 19.2 Å². The predicted molar refractivity (Wildman–Crippen MR) is 292 cm³/mol. The van der Waals surface area contributed by atoms with E-state index in [0.29, 0.717) is 55.1 Å². The van der Waals surface area contributed by atoms with Gasteiger partial charge in [0.2, 0.25) is 17.6 Å². The van der Waals surface area contributed by atoms with E-state index in [0.717, 1.165) is 37.8 Å². The number of nitrogens with zero attached hydrogens (tertiary/aromatic N) is 2. The van der Waals surface area contributed by atoms with Gasteiger partial charge in [-0.2, -0.15) is 5.10 Å². The van der Waals surface area contributed by atoms with Crippen molar-refractivity contribution < 1.29 is 73.1 Å². The van der Waals surface area contributed by atoms with Crippen LogP contribution in [-0.4, -0.2) is 147 Å². The van der Waals surface area contributed by atoms with Crippen LogP contribution >= 0.6 is 0 Å². The first kappa shape index (κ1) is 61.8. The number of aromatic amines is 1. The lowest BCUT2D eigenvalue weighted by Gasteiger charge is -2.58. The normalized spacial score (nSPS) is 36.5. The van der Waals surface area contributed by atoms with Crippen LogP contribution in [-0.2, 0) is 54.1 Å². The Hall–Kier alpha value is -4.26. The Morgan fingerprint density at radius 2 is 1.57 bits per heavy atom. The van der Waals surface area contributed by atoms with Crippen LogP contribution in [0.2, 0.25) is 0 Å². The fraction of sp³-hybridized carbons (Fsp3) is 0.763. The number of aliphatic hydroxyl groups is 3. The predicted octanol–water partition coefficient (Wildman–Crippen LogP) is 5.65. The highest BCUT2D eigenvalue weighted by atomic mass is 17.1. The molecule has 1 aromatic carbocycles. The van der Waals surface area contributed by atoms with Crippen molar-refractivity contribution in [1.29, 1.82) is 0 Å². The number of rotatable bonds is 24. The SMILES string of the molecule is C[C@H]1C(CC(CC2O[C@H]3O[C@@](C)(O)CCC4[C@@H](C)CC[C@H]([C@H]2C)[C@]43O)C(=O)N/N=C/c2ccc(C(=O)NCCOCCOCC(=O)CC(C(=O)N[C@H](C)Cc3cnc[nH]3)[C@@H](C)O)cc2)O[C@@H]2O[C@](C)(OO)CCC3C2C1CC[C@H]3C. The summed E-state index contributed by atoms with van der Waals surface area (Å²) in [4.78, 5) is 65.1. The first-order chi connectivity index (χ1) is 38.1. The van der Waals surface area contributed by atoms with Gasteiger partial charge < -0.3 is 59.4 Å². The molecule has 21 nitrogen and oxygen atoms in total. The number of carbonyl (C=O) groups is 4. The molecular formula is C59H90N6O15. The summed E-state index contributed by atoms with van der Waals surface area (Å²) in [5.41, 5.74) is 3.40. The van der Waals surface area contributed by atoms with Crippen molar-refractivity contribution >= 4 is 29.7 Å². The Morgan fingerprint density at radius 1 is 0.850 bits per heavy atom. The van der Waals surface area contributed by atoms with Gasteiger partial charge in [-0.05, 0) is 138 Å². The van der Waals surface area contributed by atoms with Gasteiger partial charge >= 0.3 is 0 Å². The van der Waals surface area contributed by atoms with Crippen LogP contribution in [0.3, 0.4) is 0 Å². The third-order valence-corrected chi connectivity index (χ3v) is 19.0. The van der Waals surface area contributed by atoms with Gasteiger partial charge in [0.25, 0.3) is 5.91 Å². The Labute approximate surface area is 470 Å². The molecule has 1 aromatic heterocycles. The topological polar surface area (TPSA) is 291 Å². The summed E-state index contributed by atoms with van der Waals surface area (Å²) in [5.74, 6) is -4.73. The van der Waals surface area contributed by atoms with Gasteiger partial charge in [0.05, 0.1) is 56.6 Å². The lowest BCUT2D eigenvalue weighted by atomic mass is 9.57. The van der Waals surface area contributed by atoms with Crippen molar-refractivity contribution in [3.05, 3.63) is 53.6 Å². The summed E-state index contributed by atoms with van der Waals surface area (Å²) in [6, 6.07) is 6.51. The lowest BCUT2D eigenvalue weighted by Crippen LogP contribution is -2.67. The summed E-state index contributed by atoms with van der Waals surface area (Å²) < 4.78 is 37.6. The standard InChI is InChI=1S/C59H90N6O15/c1-33-9-15-45-36(4)49(76-55-51(45)44(33)17-20-58(8,78-55)80-73)26-41(27-50-37(5)48-16-10-34(2)47-18-19-57(7,71)79-56(77-50)59(47,48)72)53(69)65-63-29-39-11-13-40(14-12-39)52(68)61-21-22-74-23-24-75-31-43(67)28-46(38(6)66)54(70)64-35(3)25-42-30-60-32-62-42/h11-14,29-30,32-38,41,44-51,55-56,66,71-73H,9-10,15-28,31H2,1-8H3,(H,60,62)(H,61,68)(H,64,70)(H,65,69)/b63-29+/t33-,34+,35-,36-,37-,38-,41?,44?,45?,46?,47?,48-,49?,50?,51?,55-,56+,57-,58-,59-/m1/s1. The molecule has 3 amide bonds. The van der Waals surface area contributed by atoms with Gasteiger partial charge in [0.15, 0.2) is 24.2 Å². The highest BCUT2D eigenvalue weighted by Crippen LogP contribution is 2.57. The Balaban J connectivity index is 0.839. The molecule has 4 aliphatic heterocycles. The van der Waals surface area contributed by atoms with Crippen molar-refractivity contribution in [2.24, 2.45) is 70.2 Å². The van der Waals surface area contributed by atoms with Gasteiger partial charge in [0, 0.05) is 67.6 Å². The van der Waals surface area contributed by atoms with Crippen LogP contribution in [0.4, 0.5) is 0 Å². The zero-order chi connectivity index (χ0) is 57.5. The monoisotopic (exact) mass is 1120 g/mol. The van der Waals surface area contributed by atoms with E-state index >= 15 is 0 Å². The number of imidazole rings is 1. The minimum atomic E-state index is -1.50. The number of amides is 3. The number of hydrogen-bond donors (Lipinski definition) is 8. The molecule has 80 heavy (non-hydrogen) atoms. The van der Waals surface area contributed by atoms with Gasteiger partial charge in [-0.1, -0.05) is 46.2 Å². The number of carbonyl (C=O) groups excluding carboxylic acids is 4. The molecule has 2 aromatic rings. The summed E-state index contributed by atoms with van der Waals surface area (Å²) >= 11 is 0. The number of benzene rings is 1. The largest absolute Gasteiger partial charge is 0.393 e. The van der Waals surface area contributed by atoms with Gasteiger partial charge in [-0.25, -0.2) is 20.6 Å². The molecule has 8 unspecified atom stereocenters. The maximum absolute atomic E-state index is 14.7. The van der Waals surface area contributed by atoms with Crippen LogP contribution in [0.25, 0.3) is 0 Å². The molecule has 446 valence electrons. The van der Waals surface area contributed by atoms with E-state index in [2.05, 4.69) is 58.8 Å². The molecule has 4 saturated heterocycles. The molecular weight excluding hydrogens is 1030 g/mol. The zero-order valence-corrected chi connectivity index (χ0v) is 48.1. The second kappa shape index (κ2) is 27.0. The minimum absolute atomic E-state index is 0.0785. The van der Waals surface area contributed by atoms with E-state index in [1.54, 1.807) is 50.6 Å². The third-order valence-electron chi connectivity index (χ3n) is 19.0. The maximum Gasteiger partial charge on any atom is 0.251 e. The van der Waals surface area contributed by atoms with Crippen molar-refractivity contribution in [3.8, 4) is 0 Å². The van der Waals surface area contributed by atoms with Gasteiger partial charge in [-0.15, -0.1) is 0 Å². The smallest absolute Gasteiger partial charge is 0.251 e. The maximum atomic E-state index is 14.7. The Morgan fingerprint density at radius 3 is 2.29 bits per heavy atom. The van der Waals surface area contributed by atoms with Crippen LogP contribution < -0.4 is 16.1 Å². The second-order valence-corrected chi connectivity index (χ2v) is 24.8. The van der Waals surface area contributed by atoms with E-state index in [-0.39, 0.29) is 111 Å². The van der Waals surface area contributed by atoms with E-state index in [1.807, 2.05) is 6.92 Å². The summed E-state index contributed by atoms with van der Waals surface area (Å²) in [6.45, 7) is 15.9. The summed E-state index contributed by atoms with van der Waals surface area (Å²) in [5, 5.41) is 54.3. The molecule has 2 aliphatic carbocycles. The molecule has 0 spiro atoms. The molecule has 20 atom stereocenters. The first-order valence-corrected chi connectivity index (χ1v) is 29.4. The van der Waals surface area contributed by atoms with Crippen molar-refractivity contribution in [2.75, 3.05) is 33.0 Å². The number of aliphatic hydroxyl groups excluding tert-OH is 1. The van der Waals surface area contributed by atoms with E-state index in [9.17, 15) is 39.8 Å². The number of hydrogen-bond acceptors (Lipinski definition) is 17. The van der Waals surface area contributed by atoms with Crippen molar-refractivity contribution in [2.45, 2.75) is 187 Å². The number of ketones is 1. The lowest BCUT2D eigenvalue weighted by molar-refractivity contribution is -0.435. The minimum Gasteiger partial charge on any atom is -0.393 e. The molecule has 6 aliphatic rings. The van der Waals surface area contributed by atoms with Crippen molar-refractivity contribution in [1.82, 2.24) is 26.0 Å². The molecule has 0 radical (unpaired) electrons. The highest BCUT2D eigenvalue weighted by molar-refractivity contribution is 5.95. The number of Topliss-reactive ketones (excluding diaryl/α,β-unsaturated/α-hetero) is 1. The average Bonchev–Trinajstić information content (AvgIpc) is 4.02. The Kier molecular flexibility index (Phi) is 20.8. The first-order valence-electron chi connectivity index (χ1n) is 29.4. The van der Waals surface area contributed by atoms with Crippen LogP contribution in [0, 0.1) is 65.1 Å². The molecule has 0 bridgehead atoms. The van der Waals surface area contributed by atoms with E-state index in [1.165, 1.54) is 13.1 Å². The number of aromatic nitrogens is 2. The second-order valence-electron chi connectivity index (χ2n) is 24.8. The third kappa shape index (κ3) is 14.7. The Bertz CT molecular complexity index is 2390. The number of H-pyrrole nitrogens is 1. The molecule has 6 fully saturated rings. The summed E-state index contributed by atoms with van der Waals surface area (Å²) in [6.07, 6.45) is 8.08.